The Balaban J connectivity index is 2.47. The zero-order valence-corrected chi connectivity index (χ0v) is 9.52. The number of furan rings is 1. The minimum absolute atomic E-state index is 0.0913. The molecule has 0 saturated carbocycles. The molecule has 2 aromatic rings. The first-order chi connectivity index (χ1) is 7.99. The predicted octanol–water partition coefficient (Wildman–Crippen LogP) is 3.75. The van der Waals surface area contributed by atoms with Gasteiger partial charge in [-0.05, 0) is 25.1 Å². The first kappa shape index (κ1) is 11.8. The summed E-state index contributed by atoms with van der Waals surface area (Å²) in [5, 5.41) is -0.132. The van der Waals surface area contributed by atoms with Crippen LogP contribution in [-0.4, -0.2) is 5.78 Å². The fourth-order valence-electron chi connectivity index (χ4n) is 1.41. The topological polar surface area (TPSA) is 30.2 Å². The monoisotopic (exact) mass is 256 g/mol. The molecule has 0 aliphatic heterocycles. The van der Waals surface area contributed by atoms with E-state index in [1.54, 1.807) is 6.92 Å². The summed E-state index contributed by atoms with van der Waals surface area (Å²) in [7, 11) is 0. The molecular formula is C12H7ClF2O2. The van der Waals surface area contributed by atoms with Crippen molar-refractivity contribution >= 4 is 17.4 Å². The Bertz CT molecular complexity index is 590. The van der Waals surface area contributed by atoms with Crippen LogP contribution in [0.4, 0.5) is 8.78 Å². The van der Waals surface area contributed by atoms with Crippen LogP contribution >= 0.6 is 11.6 Å². The molecule has 0 bridgehead atoms. The number of ketones is 1. The van der Waals surface area contributed by atoms with Crippen molar-refractivity contribution in [3.8, 4) is 0 Å². The second-order valence-corrected chi connectivity index (χ2v) is 3.93. The van der Waals surface area contributed by atoms with Crippen molar-refractivity contribution < 1.29 is 18.0 Å². The zero-order chi connectivity index (χ0) is 12.6. The van der Waals surface area contributed by atoms with Crippen LogP contribution in [0.3, 0.4) is 0 Å². The molecule has 0 aliphatic carbocycles. The van der Waals surface area contributed by atoms with Crippen molar-refractivity contribution in [2.45, 2.75) is 6.92 Å². The van der Waals surface area contributed by atoms with Crippen molar-refractivity contribution in [1.29, 1.82) is 0 Å². The van der Waals surface area contributed by atoms with Gasteiger partial charge in [0, 0.05) is 5.56 Å². The van der Waals surface area contributed by atoms with Gasteiger partial charge in [0.05, 0.1) is 10.6 Å². The first-order valence-corrected chi connectivity index (χ1v) is 5.11. The van der Waals surface area contributed by atoms with Gasteiger partial charge in [0.25, 0.3) is 0 Å². The highest BCUT2D eigenvalue weighted by molar-refractivity contribution is 6.35. The van der Waals surface area contributed by atoms with Gasteiger partial charge in [-0.3, -0.25) is 4.79 Å². The highest BCUT2D eigenvalue weighted by Gasteiger charge is 2.17. The van der Waals surface area contributed by atoms with Crippen LogP contribution in [0.5, 0.6) is 0 Å². The lowest BCUT2D eigenvalue weighted by Gasteiger charge is -2.02. The molecule has 0 radical (unpaired) electrons. The van der Waals surface area contributed by atoms with Crippen molar-refractivity contribution in [2.24, 2.45) is 0 Å². The van der Waals surface area contributed by atoms with Crippen LogP contribution in [0.1, 0.15) is 21.7 Å². The van der Waals surface area contributed by atoms with Crippen molar-refractivity contribution in [3.05, 3.63) is 58.0 Å². The predicted molar refractivity (Wildman–Crippen MR) is 58.2 cm³/mol. The summed E-state index contributed by atoms with van der Waals surface area (Å²) in [6.45, 7) is 1.67. The van der Waals surface area contributed by atoms with Crippen LogP contribution < -0.4 is 0 Å². The Morgan fingerprint density at radius 3 is 2.47 bits per heavy atom. The smallest absolute Gasteiger partial charge is 0.197 e. The maximum Gasteiger partial charge on any atom is 0.197 e. The quantitative estimate of drug-likeness (QED) is 0.605. The molecule has 0 spiro atoms. The van der Waals surface area contributed by atoms with Gasteiger partial charge in [-0.2, -0.15) is 0 Å². The van der Waals surface area contributed by atoms with Crippen molar-refractivity contribution in [2.75, 3.05) is 0 Å². The molecule has 0 fully saturated rings. The molecule has 1 aromatic heterocycles. The molecule has 0 amide bonds. The van der Waals surface area contributed by atoms with Gasteiger partial charge >= 0.3 is 0 Å². The number of carbonyl (C=O) groups is 1. The molecule has 0 atom stereocenters. The van der Waals surface area contributed by atoms with Crippen molar-refractivity contribution in [3.63, 3.8) is 0 Å². The molecule has 0 unspecified atom stereocenters. The van der Waals surface area contributed by atoms with E-state index in [-0.39, 0.29) is 16.1 Å². The van der Waals surface area contributed by atoms with Gasteiger partial charge in [0.2, 0.25) is 0 Å². The number of aryl methyl sites for hydroxylation is 1. The number of benzene rings is 1. The minimum atomic E-state index is -1.11. The Kier molecular flexibility index (Phi) is 2.98. The molecular weight excluding hydrogens is 250 g/mol. The first-order valence-electron chi connectivity index (χ1n) is 4.73. The molecule has 2 nitrogen and oxygen atoms in total. The summed E-state index contributed by atoms with van der Waals surface area (Å²) in [5.74, 6) is -2.16. The summed E-state index contributed by atoms with van der Waals surface area (Å²) >= 11 is 5.69. The van der Waals surface area contributed by atoms with E-state index in [0.29, 0.717) is 5.76 Å². The summed E-state index contributed by atoms with van der Waals surface area (Å²) in [6.07, 6.45) is 1.25. The fourth-order valence-corrected chi connectivity index (χ4v) is 1.65. The Labute approximate surface area is 101 Å². The largest absolute Gasteiger partial charge is 0.469 e. The van der Waals surface area contributed by atoms with Crippen molar-refractivity contribution in [1.82, 2.24) is 0 Å². The third-order valence-corrected chi connectivity index (χ3v) is 2.56. The molecule has 17 heavy (non-hydrogen) atoms. The summed E-state index contributed by atoms with van der Waals surface area (Å²) in [6, 6.07) is 3.05. The maximum absolute atomic E-state index is 13.0. The zero-order valence-electron chi connectivity index (χ0n) is 8.76. The summed E-state index contributed by atoms with van der Waals surface area (Å²) in [4.78, 5) is 11.9. The highest BCUT2D eigenvalue weighted by atomic mass is 35.5. The number of carbonyl (C=O) groups excluding carboxylic acids is 1. The van der Waals surface area contributed by atoms with Crippen LogP contribution in [-0.2, 0) is 0 Å². The van der Waals surface area contributed by atoms with E-state index in [2.05, 4.69) is 0 Å². The van der Waals surface area contributed by atoms with Crippen LogP contribution in [0, 0.1) is 18.6 Å². The average molecular weight is 257 g/mol. The lowest BCUT2D eigenvalue weighted by molar-refractivity contribution is 0.103. The molecule has 88 valence electrons. The normalized spacial score (nSPS) is 10.6. The second-order valence-electron chi connectivity index (χ2n) is 3.52. The van der Waals surface area contributed by atoms with E-state index < -0.39 is 17.4 Å². The number of rotatable bonds is 2. The maximum atomic E-state index is 13.0. The van der Waals surface area contributed by atoms with Crippen LogP contribution in [0.2, 0.25) is 5.02 Å². The van der Waals surface area contributed by atoms with E-state index in [0.717, 1.165) is 12.1 Å². The van der Waals surface area contributed by atoms with Gasteiger partial charge < -0.3 is 4.42 Å². The molecule has 0 saturated heterocycles. The lowest BCUT2D eigenvalue weighted by Crippen LogP contribution is -2.02. The molecule has 1 aromatic carbocycles. The van der Waals surface area contributed by atoms with E-state index in [1.807, 2.05) is 0 Å². The molecule has 0 aliphatic rings. The van der Waals surface area contributed by atoms with Crippen LogP contribution in [0.25, 0.3) is 0 Å². The third-order valence-electron chi connectivity index (χ3n) is 2.25. The number of hydrogen-bond donors (Lipinski definition) is 0. The van der Waals surface area contributed by atoms with Gasteiger partial charge in [0.15, 0.2) is 17.4 Å². The van der Waals surface area contributed by atoms with E-state index in [9.17, 15) is 13.6 Å². The average Bonchev–Trinajstić information content (AvgIpc) is 2.69. The molecule has 1 heterocycles. The Hall–Kier alpha value is -1.68. The number of hydrogen-bond acceptors (Lipinski definition) is 2. The summed E-state index contributed by atoms with van der Waals surface area (Å²) < 4.78 is 30.8. The Morgan fingerprint density at radius 2 is 1.88 bits per heavy atom. The van der Waals surface area contributed by atoms with Gasteiger partial charge in [-0.25, -0.2) is 8.78 Å². The van der Waals surface area contributed by atoms with Gasteiger partial charge in [-0.15, -0.1) is 0 Å². The van der Waals surface area contributed by atoms with Crippen LogP contribution in [0.15, 0.2) is 28.9 Å². The molecule has 0 N–H and O–H groups in total. The van der Waals surface area contributed by atoms with Gasteiger partial charge in [0.1, 0.15) is 12.0 Å². The van der Waals surface area contributed by atoms with E-state index in [1.165, 1.54) is 12.3 Å². The minimum Gasteiger partial charge on any atom is -0.469 e. The summed E-state index contributed by atoms with van der Waals surface area (Å²) in [5.41, 5.74) is 0.154. The van der Waals surface area contributed by atoms with Gasteiger partial charge in [-0.1, -0.05) is 11.6 Å². The standard InChI is InChI=1S/C12H7ClF2O2/c1-6-2-7(5-17-6)12(16)8-3-10(14)11(15)4-9(8)13/h2-5H,1H3. The molecule has 5 heteroatoms. The second kappa shape index (κ2) is 4.30. The Morgan fingerprint density at radius 1 is 1.24 bits per heavy atom. The van der Waals surface area contributed by atoms with E-state index in [4.69, 9.17) is 16.0 Å². The fraction of sp³-hybridized carbons (Fsp3) is 0.0833. The molecule has 2 rings (SSSR count). The number of halogens is 3. The third kappa shape index (κ3) is 2.22. The highest BCUT2D eigenvalue weighted by Crippen LogP contribution is 2.23. The van der Waals surface area contributed by atoms with E-state index >= 15 is 0 Å². The lowest BCUT2D eigenvalue weighted by atomic mass is 10.1. The SMILES string of the molecule is Cc1cc(C(=O)c2cc(F)c(F)cc2Cl)co1.